The predicted octanol–water partition coefficient (Wildman–Crippen LogP) is -0.417. The molecule has 0 spiro atoms. The lowest BCUT2D eigenvalue weighted by molar-refractivity contribution is -0.885. The third-order valence-electron chi connectivity index (χ3n) is 2.12. The summed E-state index contributed by atoms with van der Waals surface area (Å²) in [5, 5.41) is 0. The number of nitrogens with zero attached hydrogens (tertiary/aromatic N) is 1. The maximum absolute atomic E-state index is 9.67. The molecule has 0 aliphatic heterocycles. The molecule has 0 fully saturated rings. The SMILES string of the molecule is CO[n+]1ccc(-c2ccccc2)cc1.FB(F)F.[F-]. The molecule has 2 rings (SSSR count). The molecule has 0 aliphatic rings. The molecule has 1 aromatic heterocycles. The van der Waals surface area contributed by atoms with Gasteiger partial charge in [0.25, 0.3) is 0 Å². The number of aromatic nitrogens is 1. The Balaban J connectivity index is 0.000000576. The minimum Gasteiger partial charge on any atom is -1.00 e. The summed E-state index contributed by atoms with van der Waals surface area (Å²) in [6.45, 7) is 0. The number of hydrogen-bond donors (Lipinski definition) is 0. The molecule has 0 N–H and O–H groups in total. The van der Waals surface area contributed by atoms with Crippen molar-refractivity contribution in [2.45, 2.75) is 0 Å². The van der Waals surface area contributed by atoms with Crippen molar-refractivity contribution < 1.29 is 27.2 Å². The highest BCUT2D eigenvalue weighted by atomic mass is 19.4. The van der Waals surface area contributed by atoms with Crippen molar-refractivity contribution in [2.24, 2.45) is 0 Å². The molecular weight excluding hydrogens is 261 g/mol. The Morgan fingerprint density at radius 3 is 1.74 bits per heavy atom. The monoisotopic (exact) mass is 273 g/mol. The predicted molar refractivity (Wildman–Crippen MR) is 63.7 cm³/mol. The summed E-state index contributed by atoms with van der Waals surface area (Å²) in [7, 11) is -2.03. The summed E-state index contributed by atoms with van der Waals surface area (Å²) in [5.41, 5.74) is 2.41. The van der Waals surface area contributed by atoms with Crippen LogP contribution in [0.15, 0.2) is 54.9 Å². The van der Waals surface area contributed by atoms with E-state index in [1.54, 1.807) is 11.8 Å². The van der Waals surface area contributed by atoms with E-state index in [1.807, 2.05) is 42.7 Å². The topological polar surface area (TPSA) is 13.1 Å². The largest absolute Gasteiger partial charge is 1.00 e. The quantitative estimate of drug-likeness (QED) is 0.411. The van der Waals surface area contributed by atoms with E-state index in [2.05, 4.69) is 12.1 Å². The number of hydrogen-bond acceptors (Lipinski definition) is 1. The van der Waals surface area contributed by atoms with Gasteiger partial charge in [0.15, 0.2) is 0 Å². The smallest absolute Gasteiger partial charge is 0.762 e. The van der Waals surface area contributed by atoms with Crippen molar-refractivity contribution in [1.29, 1.82) is 0 Å². The Morgan fingerprint density at radius 1 is 0.895 bits per heavy atom. The van der Waals surface area contributed by atoms with Gasteiger partial charge in [-0.25, -0.2) is 0 Å². The molecule has 0 radical (unpaired) electrons. The van der Waals surface area contributed by atoms with E-state index in [4.69, 9.17) is 4.84 Å². The van der Waals surface area contributed by atoms with E-state index < -0.39 is 7.54 Å². The average molecular weight is 273 g/mol. The van der Waals surface area contributed by atoms with Crippen LogP contribution in [0.2, 0.25) is 0 Å². The zero-order valence-corrected chi connectivity index (χ0v) is 10.1. The zero-order chi connectivity index (χ0) is 13.4. The van der Waals surface area contributed by atoms with Gasteiger partial charge in [0.05, 0.1) is 0 Å². The number of rotatable bonds is 2. The van der Waals surface area contributed by atoms with E-state index in [0.717, 1.165) is 0 Å². The third-order valence-corrected chi connectivity index (χ3v) is 2.12. The number of benzene rings is 1. The van der Waals surface area contributed by atoms with E-state index in [9.17, 15) is 12.9 Å². The molecule has 102 valence electrons. The minimum atomic E-state index is -3.67. The van der Waals surface area contributed by atoms with Gasteiger partial charge in [-0.05, 0) is 11.1 Å². The Kier molecular flexibility index (Phi) is 8.00. The van der Waals surface area contributed by atoms with E-state index in [0.29, 0.717) is 0 Å². The highest BCUT2D eigenvalue weighted by molar-refractivity contribution is 6.33. The zero-order valence-electron chi connectivity index (χ0n) is 10.1. The summed E-state index contributed by atoms with van der Waals surface area (Å²) in [6.07, 6.45) is 3.78. The van der Waals surface area contributed by atoms with Gasteiger partial charge in [-0.15, -0.1) is 0 Å². The normalized spacial score (nSPS) is 8.63. The fraction of sp³-hybridized carbons (Fsp3) is 0.0833. The van der Waals surface area contributed by atoms with Crippen LogP contribution in [-0.4, -0.2) is 14.7 Å². The molecule has 1 aromatic carbocycles. The molecule has 0 saturated heterocycles. The Hall–Kier alpha value is -2.05. The first kappa shape index (κ1) is 17.0. The second-order valence-corrected chi connectivity index (χ2v) is 3.24. The van der Waals surface area contributed by atoms with Gasteiger partial charge in [0.1, 0.15) is 7.11 Å². The molecule has 0 atom stereocenters. The highest BCUT2D eigenvalue weighted by Crippen LogP contribution is 2.16. The molecule has 0 aliphatic carbocycles. The third kappa shape index (κ3) is 6.45. The summed E-state index contributed by atoms with van der Waals surface area (Å²) in [6, 6.07) is 14.3. The lowest BCUT2D eigenvalue weighted by atomic mass is 10.1. The van der Waals surface area contributed by atoms with Crippen molar-refractivity contribution in [3.8, 4) is 11.1 Å². The minimum absolute atomic E-state index is 0. The second kappa shape index (κ2) is 8.96. The van der Waals surface area contributed by atoms with Crippen molar-refractivity contribution in [3.05, 3.63) is 54.9 Å². The maximum atomic E-state index is 9.67. The van der Waals surface area contributed by atoms with Crippen LogP contribution in [-0.2, 0) is 0 Å². The molecule has 19 heavy (non-hydrogen) atoms. The average Bonchev–Trinajstić information content (AvgIpc) is 2.39. The van der Waals surface area contributed by atoms with Gasteiger partial charge in [-0.3, -0.25) is 17.8 Å². The molecule has 0 amide bonds. The van der Waals surface area contributed by atoms with Crippen LogP contribution in [0.3, 0.4) is 0 Å². The van der Waals surface area contributed by atoms with Crippen molar-refractivity contribution in [3.63, 3.8) is 0 Å². The summed E-state index contributed by atoms with van der Waals surface area (Å²) in [5.74, 6) is 0. The Labute approximate surface area is 109 Å². The fourth-order valence-corrected chi connectivity index (χ4v) is 1.36. The molecular formula is C12H12BF4NO. The van der Waals surface area contributed by atoms with Gasteiger partial charge in [-0.2, -0.15) is 0 Å². The molecule has 0 unspecified atom stereocenters. The van der Waals surface area contributed by atoms with E-state index >= 15 is 0 Å². The first-order valence-corrected chi connectivity index (χ1v) is 5.17. The van der Waals surface area contributed by atoms with Crippen LogP contribution in [0.5, 0.6) is 0 Å². The second-order valence-electron chi connectivity index (χ2n) is 3.24. The van der Waals surface area contributed by atoms with Gasteiger partial charge >= 0.3 is 7.54 Å². The molecule has 0 saturated carbocycles. The van der Waals surface area contributed by atoms with Gasteiger partial charge in [-0.1, -0.05) is 30.3 Å². The Morgan fingerprint density at radius 2 is 1.32 bits per heavy atom. The Bertz CT molecular complexity index is 450. The summed E-state index contributed by atoms with van der Waals surface area (Å²) in [4.78, 5) is 5.02. The highest BCUT2D eigenvalue weighted by Gasteiger charge is 2.06. The first-order valence-electron chi connectivity index (χ1n) is 5.17. The lowest BCUT2D eigenvalue weighted by Crippen LogP contribution is -3.00. The molecule has 0 bridgehead atoms. The van der Waals surface area contributed by atoms with Gasteiger partial charge in [0.2, 0.25) is 12.4 Å². The van der Waals surface area contributed by atoms with Gasteiger partial charge in [0, 0.05) is 16.9 Å². The van der Waals surface area contributed by atoms with Crippen LogP contribution >= 0.6 is 0 Å². The van der Waals surface area contributed by atoms with Crippen molar-refractivity contribution >= 4 is 7.54 Å². The van der Waals surface area contributed by atoms with E-state index in [-0.39, 0.29) is 4.70 Å². The molecule has 7 heteroatoms. The summed E-state index contributed by atoms with van der Waals surface area (Å²) >= 11 is 0. The lowest BCUT2D eigenvalue weighted by Gasteiger charge is -1.98. The van der Waals surface area contributed by atoms with Gasteiger partial charge < -0.3 is 4.70 Å². The number of pyridine rings is 1. The summed E-state index contributed by atoms with van der Waals surface area (Å²) < 4.78 is 30.7. The van der Waals surface area contributed by atoms with Crippen LogP contribution in [0.4, 0.5) is 12.9 Å². The fourth-order valence-electron chi connectivity index (χ4n) is 1.36. The van der Waals surface area contributed by atoms with E-state index in [1.165, 1.54) is 11.1 Å². The van der Waals surface area contributed by atoms with Crippen LogP contribution in [0.1, 0.15) is 0 Å². The molecule has 1 heterocycles. The maximum Gasteiger partial charge on any atom is 0.762 e. The number of halogens is 4. The van der Waals surface area contributed by atoms with Crippen LogP contribution in [0, 0.1) is 0 Å². The standard InChI is InChI=1S/C12H12NO.BF3.FH/c1-14-13-9-7-12(8-10-13)11-5-3-2-4-6-11;2-1(3)4;/h2-10H,1H3;;1H/q+1;;/p-1. The van der Waals surface area contributed by atoms with Crippen LogP contribution in [0.25, 0.3) is 11.1 Å². The van der Waals surface area contributed by atoms with Crippen molar-refractivity contribution in [2.75, 3.05) is 7.11 Å². The molecule has 2 nitrogen and oxygen atoms in total. The van der Waals surface area contributed by atoms with Crippen LogP contribution < -0.4 is 14.3 Å². The first-order chi connectivity index (χ1) is 8.63. The molecule has 2 aromatic rings. The van der Waals surface area contributed by atoms with Crippen molar-refractivity contribution in [1.82, 2.24) is 0 Å².